The number of esters is 1. The molecule has 3 rings (SSSR count). The van der Waals surface area contributed by atoms with E-state index in [4.69, 9.17) is 11.6 Å². The highest BCUT2D eigenvalue weighted by Gasteiger charge is 2.34. The van der Waals surface area contributed by atoms with Gasteiger partial charge in [-0.15, -0.1) is 11.3 Å². The summed E-state index contributed by atoms with van der Waals surface area (Å²) in [4.78, 5) is 11.5. The zero-order chi connectivity index (χ0) is 19.8. The van der Waals surface area contributed by atoms with Crippen molar-refractivity contribution in [3.63, 3.8) is 0 Å². The van der Waals surface area contributed by atoms with Crippen LogP contribution in [0.15, 0.2) is 23.6 Å². The zero-order valence-corrected chi connectivity index (χ0v) is 15.9. The molecule has 0 fully saturated rings. The molecule has 5 nitrogen and oxygen atoms in total. The Balaban J connectivity index is 1.81. The number of nitrogens with one attached hydrogen (secondary N) is 1. The number of fused-ring (bicyclic) bond motifs is 1. The molecular formula is C17H15ClF3N3O2S. The van der Waals surface area contributed by atoms with Crippen LogP contribution >= 0.6 is 22.9 Å². The van der Waals surface area contributed by atoms with Gasteiger partial charge in [0.15, 0.2) is 5.69 Å². The molecule has 1 aromatic carbocycles. The van der Waals surface area contributed by atoms with Crippen LogP contribution in [-0.4, -0.2) is 22.9 Å². The quantitative estimate of drug-likeness (QED) is 0.615. The Morgan fingerprint density at radius 1 is 1.37 bits per heavy atom. The molecule has 0 spiro atoms. The minimum atomic E-state index is -4.48. The first-order chi connectivity index (χ1) is 12.7. The van der Waals surface area contributed by atoms with Gasteiger partial charge in [0, 0.05) is 22.8 Å². The highest BCUT2D eigenvalue weighted by molar-refractivity contribution is 7.17. The van der Waals surface area contributed by atoms with Crippen molar-refractivity contribution >= 4 is 44.7 Å². The average molecular weight is 418 g/mol. The number of aryl methyl sites for hydroxylation is 1. The minimum absolute atomic E-state index is 0.123. The molecule has 0 saturated heterocycles. The van der Waals surface area contributed by atoms with Crippen LogP contribution in [0.2, 0.25) is 5.02 Å². The van der Waals surface area contributed by atoms with Crippen LogP contribution in [0.3, 0.4) is 0 Å². The Kier molecular flexibility index (Phi) is 5.34. The summed E-state index contributed by atoms with van der Waals surface area (Å²) < 4.78 is 45.0. The van der Waals surface area contributed by atoms with Crippen molar-refractivity contribution in [1.29, 1.82) is 0 Å². The molecule has 0 aliphatic rings. The lowest BCUT2D eigenvalue weighted by Crippen LogP contribution is -2.07. The van der Waals surface area contributed by atoms with Gasteiger partial charge in [-0.25, -0.2) is 0 Å². The van der Waals surface area contributed by atoms with Gasteiger partial charge in [-0.1, -0.05) is 11.6 Å². The van der Waals surface area contributed by atoms with E-state index in [0.717, 1.165) is 21.7 Å². The maximum Gasteiger partial charge on any atom is 0.435 e. The molecular weight excluding hydrogens is 403 g/mol. The van der Waals surface area contributed by atoms with E-state index in [1.54, 1.807) is 6.07 Å². The van der Waals surface area contributed by atoms with Gasteiger partial charge in [0.2, 0.25) is 0 Å². The summed E-state index contributed by atoms with van der Waals surface area (Å²) in [5.74, 6) is -0.357. The molecule has 0 atom stereocenters. The number of nitrogens with zero attached hydrogens (tertiary/aromatic N) is 2. The van der Waals surface area contributed by atoms with Crippen LogP contribution in [0.1, 0.15) is 17.0 Å². The number of halogens is 4. The van der Waals surface area contributed by atoms with E-state index in [1.807, 2.05) is 11.4 Å². The number of carbonyl (C=O) groups excluding carboxylic acids is 1. The van der Waals surface area contributed by atoms with E-state index in [0.29, 0.717) is 16.4 Å². The third kappa shape index (κ3) is 4.19. The second-order valence-electron chi connectivity index (χ2n) is 5.84. The summed E-state index contributed by atoms with van der Waals surface area (Å²) in [5.41, 5.74) is 0.894. The lowest BCUT2D eigenvalue weighted by molar-refractivity contribution is -0.141. The first-order valence-electron chi connectivity index (χ1n) is 7.79. The highest BCUT2D eigenvalue weighted by Crippen LogP contribution is 2.36. The Bertz CT molecular complexity index is 997. The van der Waals surface area contributed by atoms with Crippen molar-refractivity contribution in [1.82, 2.24) is 9.78 Å². The molecule has 3 aromatic rings. The van der Waals surface area contributed by atoms with Gasteiger partial charge in [-0.05, 0) is 29.1 Å². The van der Waals surface area contributed by atoms with Crippen molar-refractivity contribution in [2.24, 2.45) is 7.05 Å². The number of rotatable bonds is 5. The lowest BCUT2D eigenvalue weighted by Gasteiger charge is -2.08. The Morgan fingerprint density at radius 3 is 2.74 bits per heavy atom. The number of carbonyl (C=O) groups is 1. The second kappa shape index (κ2) is 7.40. The number of anilines is 1. The van der Waals surface area contributed by atoms with Gasteiger partial charge in [0.05, 0.1) is 30.8 Å². The number of aromatic nitrogens is 2. The van der Waals surface area contributed by atoms with Gasteiger partial charge < -0.3 is 10.1 Å². The molecule has 0 amide bonds. The number of methoxy groups -OCH3 is 1. The maximum atomic E-state index is 12.7. The van der Waals surface area contributed by atoms with Gasteiger partial charge in [-0.3, -0.25) is 9.48 Å². The van der Waals surface area contributed by atoms with Crippen molar-refractivity contribution < 1.29 is 22.7 Å². The summed E-state index contributed by atoms with van der Waals surface area (Å²) in [6.07, 6.45) is -4.36. The van der Waals surface area contributed by atoms with Gasteiger partial charge >= 0.3 is 12.1 Å². The van der Waals surface area contributed by atoms with Gasteiger partial charge in [0.1, 0.15) is 0 Å². The first-order valence-corrected chi connectivity index (χ1v) is 9.05. The Labute approximate surface area is 161 Å². The molecule has 2 aromatic heterocycles. The van der Waals surface area contributed by atoms with Crippen molar-refractivity contribution in [2.75, 3.05) is 12.4 Å². The molecule has 0 radical (unpaired) electrons. The molecule has 10 heteroatoms. The van der Waals surface area contributed by atoms with Crippen molar-refractivity contribution in [3.05, 3.63) is 45.6 Å². The summed E-state index contributed by atoms with van der Waals surface area (Å²) in [5, 5.41) is 9.62. The third-order valence-corrected chi connectivity index (χ3v) is 5.28. The predicted molar refractivity (Wildman–Crippen MR) is 98.1 cm³/mol. The van der Waals surface area contributed by atoms with Gasteiger partial charge in [0.25, 0.3) is 0 Å². The van der Waals surface area contributed by atoms with Gasteiger partial charge in [-0.2, -0.15) is 18.3 Å². The zero-order valence-electron chi connectivity index (χ0n) is 14.4. The van der Waals surface area contributed by atoms with E-state index in [2.05, 4.69) is 15.2 Å². The van der Waals surface area contributed by atoms with Crippen LogP contribution in [0.25, 0.3) is 10.1 Å². The number of ether oxygens (including phenoxy) is 1. The van der Waals surface area contributed by atoms with Crippen LogP contribution < -0.4 is 5.32 Å². The molecule has 27 heavy (non-hydrogen) atoms. The minimum Gasteiger partial charge on any atom is -0.469 e. The van der Waals surface area contributed by atoms with Crippen LogP contribution in [0.5, 0.6) is 0 Å². The molecule has 0 aliphatic carbocycles. The smallest absolute Gasteiger partial charge is 0.435 e. The number of hydrogen-bond acceptors (Lipinski definition) is 5. The molecule has 2 heterocycles. The van der Waals surface area contributed by atoms with Crippen molar-refractivity contribution in [2.45, 2.75) is 19.1 Å². The summed E-state index contributed by atoms with van der Waals surface area (Å²) in [6.45, 7) is 0.155. The summed E-state index contributed by atoms with van der Waals surface area (Å²) in [6, 6.07) is 4.53. The maximum absolute atomic E-state index is 12.7. The fourth-order valence-electron chi connectivity index (χ4n) is 2.64. The van der Waals surface area contributed by atoms with Crippen molar-refractivity contribution in [3.8, 4) is 0 Å². The molecule has 1 N–H and O–H groups in total. The first kappa shape index (κ1) is 19.5. The Morgan fingerprint density at radius 2 is 2.11 bits per heavy atom. The average Bonchev–Trinajstić information content (AvgIpc) is 3.16. The second-order valence-corrected chi connectivity index (χ2v) is 7.16. The van der Waals surface area contributed by atoms with Crippen LogP contribution in [-0.2, 0) is 35.7 Å². The topological polar surface area (TPSA) is 56.1 Å². The number of hydrogen-bond donors (Lipinski definition) is 1. The van der Waals surface area contributed by atoms with E-state index in [1.165, 1.54) is 30.2 Å². The number of benzene rings is 1. The third-order valence-electron chi connectivity index (χ3n) is 4.01. The highest BCUT2D eigenvalue weighted by atomic mass is 35.5. The fraction of sp³-hybridized carbons (Fsp3) is 0.294. The molecule has 0 unspecified atom stereocenters. The summed E-state index contributed by atoms with van der Waals surface area (Å²) >= 11 is 7.79. The molecule has 0 saturated carbocycles. The Hall–Kier alpha value is -2.26. The van der Waals surface area contributed by atoms with E-state index in [-0.39, 0.29) is 18.9 Å². The predicted octanol–water partition coefficient (Wildman–Crippen LogP) is 4.63. The van der Waals surface area contributed by atoms with E-state index in [9.17, 15) is 18.0 Å². The summed E-state index contributed by atoms with van der Waals surface area (Å²) in [7, 11) is 2.78. The van der Waals surface area contributed by atoms with Crippen LogP contribution in [0, 0.1) is 0 Å². The standard InChI is InChI=1S/C17H15ClF3N3O2S/c1-24-11(6-14(23-24)17(19,20)21)7-22-10-4-12(18)16-9(3-15(25)26-2)8-27-13(16)5-10/h4-6,8,22H,3,7H2,1-2H3. The van der Waals surface area contributed by atoms with E-state index < -0.39 is 11.9 Å². The monoisotopic (exact) mass is 417 g/mol. The lowest BCUT2D eigenvalue weighted by atomic mass is 10.1. The normalized spacial score (nSPS) is 11.8. The SMILES string of the molecule is COC(=O)Cc1csc2cc(NCc3cc(C(F)(F)F)nn3C)cc(Cl)c12. The molecule has 0 aliphatic heterocycles. The number of thiophene rings is 1. The fourth-order valence-corrected chi connectivity index (χ4v) is 4.06. The molecule has 144 valence electrons. The van der Waals surface area contributed by atoms with Crippen LogP contribution in [0.4, 0.5) is 18.9 Å². The number of alkyl halides is 3. The molecule has 0 bridgehead atoms. The van der Waals surface area contributed by atoms with E-state index >= 15 is 0 Å². The largest absolute Gasteiger partial charge is 0.469 e.